The molecule has 1 aromatic heterocycles. The summed E-state index contributed by atoms with van der Waals surface area (Å²) in [6.07, 6.45) is 3.26. The maximum absolute atomic E-state index is 12.9. The Hall–Kier alpha value is -1.49. The molecule has 3 nitrogen and oxygen atoms in total. The molecule has 0 spiro atoms. The molecule has 2 aromatic rings. The van der Waals surface area contributed by atoms with Crippen molar-refractivity contribution in [2.75, 3.05) is 5.32 Å². The van der Waals surface area contributed by atoms with Crippen LogP contribution in [0.5, 0.6) is 0 Å². The number of aromatic nitrogens is 2. The molecule has 2 rings (SSSR count). The third-order valence-corrected chi connectivity index (χ3v) is 3.40. The fraction of sp³-hybridized carbons (Fsp3) is 0.385. The number of anilines is 1. The minimum Gasteiger partial charge on any atom is -0.353 e. The first-order valence-electron chi connectivity index (χ1n) is 6.07. The van der Waals surface area contributed by atoms with Crippen molar-refractivity contribution in [1.82, 2.24) is 10.2 Å². The standard InChI is InChI=1S/C13H16FN3S/c1-2-3-4-12(16-13-17-15-9-18-13)10-5-7-11(14)8-6-10/h5-9,12H,2-4H2,1H3,(H,16,17). The van der Waals surface area contributed by atoms with Crippen molar-refractivity contribution >= 4 is 16.5 Å². The zero-order valence-corrected chi connectivity index (χ0v) is 11.1. The molecule has 1 heterocycles. The SMILES string of the molecule is CCCCC(Nc1nncs1)c1ccc(F)cc1. The van der Waals surface area contributed by atoms with Gasteiger partial charge in [0.15, 0.2) is 0 Å². The zero-order chi connectivity index (χ0) is 12.8. The number of hydrogen-bond donors (Lipinski definition) is 1. The Balaban J connectivity index is 2.11. The van der Waals surface area contributed by atoms with Crippen LogP contribution < -0.4 is 5.32 Å². The molecule has 1 unspecified atom stereocenters. The highest BCUT2D eigenvalue weighted by molar-refractivity contribution is 7.13. The van der Waals surface area contributed by atoms with Crippen LogP contribution in [0.1, 0.15) is 37.8 Å². The summed E-state index contributed by atoms with van der Waals surface area (Å²) >= 11 is 1.48. The van der Waals surface area contributed by atoms with E-state index in [2.05, 4.69) is 22.4 Å². The summed E-state index contributed by atoms with van der Waals surface area (Å²) in [6.45, 7) is 2.16. The van der Waals surface area contributed by atoms with Crippen LogP contribution in [0.15, 0.2) is 29.8 Å². The number of nitrogens with one attached hydrogen (secondary N) is 1. The number of rotatable bonds is 6. The van der Waals surface area contributed by atoms with Crippen molar-refractivity contribution in [2.45, 2.75) is 32.2 Å². The predicted octanol–water partition coefficient (Wildman–Crippen LogP) is 4.02. The van der Waals surface area contributed by atoms with Gasteiger partial charge in [-0.25, -0.2) is 4.39 Å². The minimum atomic E-state index is -0.205. The van der Waals surface area contributed by atoms with Gasteiger partial charge in [0.05, 0.1) is 6.04 Å². The molecule has 0 aliphatic rings. The molecule has 0 saturated heterocycles. The zero-order valence-electron chi connectivity index (χ0n) is 10.3. The maximum Gasteiger partial charge on any atom is 0.205 e. The van der Waals surface area contributed by atoms with Gasteiger partial charge in [-0.15, -0.1) is 10.2 Å². The third-order valence-electron chi connectivity index (χ3n) is 2.78. The summed E-state index contributed by atoms with van der Waals surface area (Å²) in [4.78, 5) is 0. The summed E-state index contributed by atoms with van der Waals surface area (Å²) in [5, 5.41) is 12.0. The molecule has 0 amide bonds. The lowest BCUT2D eigenvalue weighted by Gasteiger charge is -2.18. The minimum absolute atomic E-state index is 0.165. The number of hydrogen-bond acceptors (Lipinski definition) is 4. The predicted molar refractivity (Wildman–Crippen MR) is 72.2 cm³/mol. The highest BCUT2D eigenvalue weighted by Gasteiger charge is 2.12. The van der Waals surface area contributed by atoms with E-state index in [0.717, 1.165) is 30.0 Å². The van der Waals surface area contributed by atoms with E-state index in [0.29, 0.717) is 0 Å². The van der Waals surface area contributed by atoms with E-state index in [1.807, 2.05) is 12.1 Å². The molecule has 0 radical (unpaired) electrons. The van der Waals surface area contributed by atoms with Crippen LogP contribution in [-0.2, 0) is 0 Å². The van der Waals surface area contributed by atoms with Crippen LogP contribution >= 0.6 is 11.3 Å². The summed E-state index contributed by atoms with van der Waals surface area (Å²) in [7, 11) is 0. The van der Waals surface area contributed by atoms with Crippen molar-refractivity contribution in [3.63, 3.8) is 0 Å². The van der Waals surface area contributed by atoms with Gasteiger partial charge in [-0.3, -0.25) is 0 Å². The lowest BCUT2D eigenvalue weighted by atomic mass is 10.0. The second-order valence-corrected chi connectivity index (χ2v) is 4.97. The van der Waals surface area contributed by atoms with Crippen molar-refractivity contribution in [2.24, 2.45) is 0 Å². The highest BCUT2D eigenvalue weighted by Crippen LogP contribution is 2.25. The van der Waals surface area contributed by atoms with Crippen LogP contribution in [0.2, 0.25) is 0 Å². The molecule has 96 valence electrons. The van der Waals surface area contributed by atoms with Crippen molar-refractivity contribution < 1.29 is 4.39 Å². The number of halogens is 1. The Morgan fingerprint density at radius 3 is 2.72 bits per heavy atom. The van der Waals surface area contributed by atoms with Gasteiger partial charge in [0.25, 0.3) is 0 Å². The van der Waals surface area contributed by atoms with E-state index >= 15 is 0 Å². The van der Waals surface area contributed by atoms with Crippen molar-refractivity contribution in [3.8, 4) is 0 Å². The molecular formula is C13H16FN3S. The van der Waals surface area contributed by atoms with Gasteiger partial charge in [0.1, 0.15) is 11.3 Å². The second-order valence-electron chi connectivity index (χ2n) is 4.13. The number of benzene rings is 1. The van der Waals surface area contributed by atoms with Crippen molar-refractivity contribution in [3.05, 3.63) is 41.2 Å². The molecule has 1 atom stereocenters. The van der Waals surface area contributed by atoms with Crippen LogP contribution in [0.25, 0.3) is 0 Å². The van der Waals surface area contributed by atoms with Crippen LogP contribution in [0.3, 0.4) is 0 Å². The van der Waals surface area contributed by atoms with Gasteiger partial charge in [-0.2, -0.15) is 0 Å². The van der Waals surface area contributed by atoms with Gasteiger partial charge < -0.3 is 5.32 Å². The molecule has 0 aliphatic heterocycles. The molecule has 0 bridgehead atoms. The first-order chi connectivity index (χ1) is 8.79. The molecule has 18 heavy (non-hydrogen) atoms. The summed E-state index contributed by atoms with van der Waals surface area (Å²) < 4.78 is 12.9. The average Bonchev–Trinajstić information content (AvgIpc) is 2.88. The lowest BCUT2D eigenvalue weighted by molar-refractivity contribution is 0.616. The number of nitrogens with zero attached hydrogens (tertiary/aromatic N) is 2. The van der Waals surface area contributed by atoms with E-state index in [4.69, 9.17) is 0 Å². The quantitative estimate of drug-likeness (QED) is 0.857. The lowest BCUT2D eigenvalue weighted by Crippen LogP contribution is -2.10. The van der Waals surface area contributed by atoms with Gasteiger partial charge in [-0.1, -0.05) is 43.2 Å². The fourth-order valence-corrected chi connectivity index (χ4v) is 2.31. The van der Waals surface area contributed by atoms with E-state index in [1.54, 1.807) is 5.51 Å². The molecule has 0 saturated carbocycles. The summed E-state index contributed by atoms with van der Waals surface area (Å²) in [5.41, 5.74) is 2.78. The van der Waals surface area contributed by atoms with Gasteiger partial charge in [0, 0.05) is 0 Å². The van der Waals surface area contributed by atoms with E-state index in [1.165, 1.54) is 23.5 Å². The van der Waals surface area contributed by atoms with Gasteiger partial charge >= 0.3 is 0 Å². The van der Waals surface area contributed by atoms with Crippen molar-refractivity contribution in [1.29, 1.82) is 0 Å². The van der Waals surface area contributed by atoms with Gasteiger partial charge in [0.2, 0.25) is 5.13 Å². The Morgan fingerprint density at radius 1 is 1.33 bits per heavy atom. The smallest absolute Gasteiger partial charge is 0.205 e. The topological polar surface area (TPSA) is 37.8 Å². The molecule has 0 aliphatic carbocycles. The first-order valence-corrected chi connectivity index (χ1v) is 6.95. The molecule has 0 fully saturated rings. The molecular weight excluding hydrogens is 249 g/mol. The van der Waals surface area contributed by atoms with Gasteiger partial charge in [-0.05, 0) is 24.1 Å². The fourth-order valence-electron chi connectivity index (χ4n) is 1.81. The molecule has 5 heteroatoms. The average molecular weight is 265 g/mol. The molecule has 1 aromatic carbocycles. The van der Waals surface area contributed by atoms with E-state index < -0.39 is 0 Å². The van der Waals surface area contributed by atoms with Crippen LogP contribution in [0, 0.1) is 5.82 Å². The Kier molecular flexibility index (Phi) is 4.64. The Labute approximate surface area is 110 Å². The Morgan fingerprint density at radius 2 is 2.11 bits per heavy atom. The monoisotopic (exact) mass is 265 g/mol. The largest absolute Gasteiger partial charge is 0.353 e. The number of unbranched alkanes of at least 4 members (excludes halogenated alkanes) is 1. The highest BCUT2D eigenvalue weighted by atomic mass is 32.1. The Bertz CT molecular complexity index is 456. The first kappa shape index (κ1) is 13.0. The molecule has 1 N–H and O–H groups in total. The van der Waals surface area contributed by atoms with E-state index in [-0.39, 0.29) is 11.9 Å². The normalized spacial score (nSPS) is 12.3. The van der Waals surface area contributed by atoms with E-state index in [9.17, 15) is 4.39 Å². The second kappa shape index (κ2) is 6.44. The van der Waals surface area contributed by atoms with Crippen LogP contribution in [-0.4, -0.2) is 10.2 Å². The van der Waals surface area contributed by atoms with Crippen LogP contribution in [0.4, 0.5) is 9.52 Å². The third kappa shape index (κ3) is 3.50. The maximum atomic E-state index is 12.9. The summed E-state index contributed by atoms with van der Waals surface area (Å²) in [5.74, 6) is -0.205. The summed E-state index contributed by atoms with van der Waals surface area (Å²) in [6, 6.07) is 6.80.